The van der Waals surface area contributed by atoms with E-state index in [1.165, 1.54) is 0 Å². The third-order valence-electron chi connectivity index (χ3n) is 2.44. The van der Waals surface area contributed by atoms with Crippen LogP contribution in [0.3, 0.4) is 0 Å². The zero-order chi connectivity index (χ0) is 14.2. The molecule has 0 unspecified atom stereocenters. The molecule has 0 amide bonds. The molecule has 6 nitrogen and oxygen atoms in total. The van der Waals surface area contributed by atoms with Crippen molar-refractivity contribution in [1.82, 2.24) is 10.2 Å². The minimum absolute atomic E-state index is 0.0626. The van der Waals surface area contributed by atoms with Crippen molar-refractivity contribution in [1.29, 1.82) is 0 Å². The van der Waals surface area contributed by atoms with Crippen LogP contribution in [0.4, 0.5) is 11.5 Å². The Morgan fingerprint density at radius 2 is 2.05 bits per heavy atom. The Bertz CT molecular complexity index is 727. The van der Waals surface area contributed by atoms with Gasteiger partial charge in [0, 0.05) is 0 Å². The second-order valence-electron chi connectivity index (χ2n) is 3.81. The maximum Gasteiger partial charge on any atom is 0.267 e. The lowest BCUT2D eigenvalue weighted by Gasteiger charge is -2.12. The highest BCUT2D eigenvalue weighted by Gasteiger charge is 2.22. The van der Waals surface area contributed by atoms with Crippen LogP contribution in [0.1, 0.15) is 5.56 Å². The van der Waals surface area contributed by atoms with Gasteiger partial charge >= 0.3 is 0 Å². The molecule has 0 aliphatic heterocycles. The second kappa shape index (κ2) is 4.92. The molecular formula is C10H10Cl2N4O2S. The molecule has 0 aliphatic carbocycles. The fourth-order valence-electron chi connectivity index (χ4n) is 1.44. The van der Waals surface area contributed by atoms with E-state index in [1.807, 2.05) is 0 Å². The van der Waals surface area contributed by atoms with E-state index in [4.69, 9.17) is 28.9 Å². The van der Waals surface area contributed by atoms with Crippen LogP contribution in [0.5, 0.6) is 0 Å². The van der Waals surface area contributed by atoms with E-state index >= 15 is 0 Å². The van der Waals surface area contributed by atoms with E-state index in [0.29, 0.717) is 5.56 Å². The van der Waals surface area contributed by atoms with Gasteiger partial charge in [-0.3, -0.25) is 9.82 Å². The molecule has 2 aromatic rings. The summed E-state index contributed by atoms with van der Waals surface area (Å²) in [5.41, 5.74) is 6.30. The Morgan fingerprint density at radius 1 is 1.37 bits per heavy atom. The summed E-state index contributed by atoms with van der Waals surface area (Å²) in [5.74, 6) is -0.0626. The number of aryl methyl sites for hydroxylation is 1. The number of hydrogen-bond acceptors (Lipinski definition) is 4. The number of nitrogens with two attached hydrogens (primary N) is 1. The first kappa shape index (κ1) is 14.0. The van der Waals surface area contributed by atoms with Gasteiger partial charge < -0.3 is 5.73 Å². The van der Waals surface area contributed by atoms with Crippen LogP contribution < -0.4 is 10.5 Å². The van der Waals surface area contributed by atoms with E-state index < -0.39 is 10.0 Å². The summed E-state index contributed by atoms with van der Waals surface area (Å²) in [6.07, 6.45) is 1.11. The number of H-pyrrole nitrogens is 1. The topological polar surface area (TPSA) is 101 Å². The lowest BCUT2D eigenvalue weighted by atomic mass is 10.2. The number of sulfonamides is 1. The fraction of sp³-hybridized carbons (Fsp3) is 0.100. The van der Waals surface area contributed by atoms with Crippen LogP contribution in [0.2, 0.25) is 10.0 Å². The Hall–Kier alpha value is -1.44. The van der Waals surface area contributed by atoms with Gasteiger partial charge in [-0.25, -0.2) is 8.42 Å². The average Bonchev–Trinajstić information content (AvgIpc) is 2.77. The highest BCUT2D eigenvalue weighted by atomic mass is 35.5. The number of aromatic nitrogens is 2. The summed E-state index contributed by atoms with van der Waals surface area (Å²) in [6.45, 7) is 1.74. The standard InChI is InChI=1S/C10H10Cl2N4O2S/c1-5-2-3-6(11)9(8(5)12)16-19(17,18)7-4-14-15-10(7)13/h2-4,16H,1H3,(H3,13,14,15). The minimum atomic E-state index is -3.90. The third-order valence-corrected chi connectivity index (χ3v) is 4.62. The number of halogens is 2. The molecule has 0 radical (unpaired) electrons. The van der Waals surface area contributed by atoms with Gasteiger partial charge in [0.2, 0.25) is 0 Å². The van der Waals surface area contributed by atoms with E-state index in [9.17, 15) is 8.42 Å². The molecule has 2 rings (SSSR count). The van der Waals surface area contributed by atoms with Crippen LogP contribution in [-0.2, 0) is 10.0 Å². The molecule has 0 saturated carbocycles. The first-order valence-corrected chi connectivity index (χ1v) is 7.33. The van der Waals surface area contributed by atoms with Crippen LogP contribution in [0.25, 0.3) is 0 Å². The number of benzene rings is 1. The molecule has 9 heteroatoms. The number of anilines is 2. The van der Waals surface area contributed by atoms with Gasteiger partial charge in [-0.15, -0.1) is 0 Å². The van der Waals surface area contributed by atoms with Gasteiger partial charge in [0.05, 0.1) is 21.9 Å². The molecule has 1 heterocycles. The van der Waals surface area contributed by atoms with Crippen molar-refractivity contribution in [2.24, 2.45) is 0 Å². The van der Waals surface area contributed by atoms with Crippen LogP contribution in [0, 0.1) is 6.92 Å². The number of nitrogen functional groups attached to an aromatic ring is 1. The molecule has 0 bridgehead atoms. The molecular weight excluding hydrogens is 311 g/mol. The van der Waals surface area contributed by atoms with E-state index in [0.717, 1.165) is 6.20 Å². The van der Waals surface area contributed by atoms with Crippen molar-refractivity contribution < 1.29 is 8.42 Å². The molecule has 4 N–H and O–H groups in total. The molecule has 0 fully saturated rings. The van der Waals surface area contributed by atoms with Gasteiger partial charge in [0.25, 0.3) is 10.0 Å². The van der Waals surface area contributed by atoms with Crippen LogP contribution in [-0.4, -0.2) is 18.6 Å². The number of rotatable bonds is 3. The van der Waals surface area contributed by atoms with Crippen molar-refractivity contribution >= 4 is 44.7 Å². The third kappa shape index (κ3) is 2.63. The van der Waals surface area contributed by atoms with Crippen LogP contribution >= 0.6 is 23.2 Å². The first-order chi connectivity index (χ1) is 8.83. The number of nitrogens with one attached hydrogen (secondary N) is 2. The summed E-state index contributed by atoms with van der Waals surface area (Å²) in [4.78, 5) is -0.166. The molecule has 102 valence electrons. The van der Waals surface area contributed by atoms with Gasteiger partial charge in [0.15, 0.2) is 0 Å². The minimum Gasteiger partial charge on any atom is -0.383 e. The van der Waals surface area contributed by atoms with Gasteiger partial charge in [-0.05, 0) is 18.6 Å². The van der Waals surface area contributed by atoms with Crippen molar-refractivity contribution in [2.45, 2.75) is 11.8 Å². The summed E-state index contributed by atoms with van der Waals surface area (Å²) < 4.78 is 26.6. The average molecular weight is 321 g/mol. The summed E-state index contributed by atoms with van der Waals surface area (Å²) in [7, 11) is -3.90. The molecule has 0 spiro atoms. The lowest BCUT2D eigenvalue weighted by Crippen LogP contribution is -2.14. The quantitative estimate of drug-likeness (QED) is 0.808. The number of nitrogens with zero attached hydrogens (tertiary/aromatic N) is 1. The first-order valence-electron chi connectivity index (χ1n) is 5.09. The van der Waals surface area contributed by atoms with E-state index in [2.05, 4.69) is 14.9 Å². The monoisotopic (exact) mass is 320 g/mol. The number of hydrogen-bond donors (Lipinski definition) is 3. The van der Waals surface area contributed by atoms with Crippen molar-refractivity contribution in [3.05, 3.63) is 33.9 Å². The predicted molar refractivity (Wildman–Crippen MR) is 75.0 cm³/mol. The Morgan fingerprint density at radius 3 is 2.63 bits per heavy atom. The summed E-state index contributed by atoms with van der Waals surface area (Å²) in [6, 6.07) is 3.24. The van der Waals surface area contributed by atoms with Crippen molar-refractivity contribution in [2.75, 3.05) is 10.5 Å². The zero-order valence-corrected chi connectivity index (χ0v) is 12.1. The smallest absolute Gasteiger partial charge is 0.267 e. The summed E-state index contributed by atoms with van der Waals surface area (Å²) in [5, 5.41) is 6.33. The fourth-order valence-corrected chi connectivity index (χ4v) is 3.13. The molecule has 0 saturated heterocycles. The Balaban J connectivity index is 2.48. The Labute approximate surface area is 120 Å². The normalized spacial score (nSPS) is 11.5. The molecule has 1 aromatic carbocycles. The number of aromatic amines is 1. The maximum absolute atomic E-state index is 12.1. The molecule has 19 heavy (non-hydrogen) atoms. The Kier molecular flexibility index (Phi) is 3.62. The van der Waals surface area contributed by atoms with Gasteiger partial charge in [-0.2, -0.15) is 5.10 Å². The van der Waals surface area contributed by atoms with E-state index in [-0.39, 0.29) is 26.4 Å². The highest BCUT2D eigenvalue weighted by molar-refractivity contribution is 7.92. The molecule has 1 aromatic heterocycles. The SMILES string of the molecule is Cc1ccc(Cl)c(NS(=O)(=O)c2cn[nH]c2N)c1Cl. The van der Waals surface area contributed by atoms with Gasteiger partial charge in [0.1, 0.15) is 10.7 Å². The largest absolute Gasteiger partial charge is 0.383 e. The second-order valence-corrected chi connectivity index (χ2v) is 6.24. The van der Waals surface area contributed by atoms with Gasteiger partial charge in [-0.1, -0.05) is 29.3 Å². The lowest BCUT2D eigenvalue weighted by molar-refractivity contribution is 0.601. The summed E-state index contributed by atoms with van der Waals surface area (Å²) >= 11 is 12.0. The predicted octanol–water partition coefficient (Wildman–Crippen LogP) is 2.41. The van der Waals surface area contributed by atoms with Crippen molar-refractivity contribution in [3.63, 3.8) is 0 Å². The molecule has 0 aliphatic rings. The molecule has 0 atom stereocenters. The zero-order valence-electron chi connectivity index (χ0n) is 9.74. The maximum atomic E-state index is 12.1. The highest BCUT2D eigenvalue weighted by Crippen LogP contribution is 2.34. The van der Waals surface area contributed by atoms with Crippen molar-refractivity contribution in [3.8, 4) is 0 Å². The van der Waals surface area contributed by atoms with Crippen LogP contribution in [0.15, 0.2) is 23.2 Å². The van der Waals surface area contributed by atoms with E-state index in [1.54, 1.807) is 19.1 Å².